The molecule has 1 aliphatic rings. The van der Waals surface area contributed by atoms with E-state index in [9.17, 15) is 4.79 Å². The minimum atomic E-state index is -0.0183. The highest BCUT2D eigenvalue weighted by atomic mass is 79.9. The first kappa shape index (κ1) is 16.5. The van der Waals surface area contributed by atoms with E-state index < -0.39 is 0 Å². The molecule has 21 heavy (non-hydrogen) atoms. The second-order valence-electron chi connectivity index (χ2n) is 5.68. The van der Waals surface area contributed by atoms with Crippen LogP contribution in [0.1, 0.15) is 24.2 Å². The van der Waals surface area contributed by atoms with E-state index in [1.807, 2.05) is 24.3 Å². The zero-order valence-electron chi connectivity index (χ0n) is 12.6. The van der Waals surface area contributed by atoms with E-state index in [2.05, 4.69) is 40.0 Å². The van der Waals surface area contributed by atoms with Crippen molar-refractivity contribution in [3.8, 4) is 0 Å². The number of halogens is 1. The second kappa shape index (κ2) is 7.92. The van der Waals surface area contributed by atoms with Gasteiger partial charge < -0.3 is 10.1 Å². The average molecular weight is 355 g/mol. The Bertz CT molecular complexity index is 473. The smallest absolute Gasteiger partial charge is 0.251 e. The SMILES string of the molecule is CC(C)C(CNC(=O)c1cccc(Br)c1)N1CCOCC1. The summed E-state index contributed by atoms with van der Waals surface area (Å²) in [4.78, 5) is 14.6. The first-order valence-electron chi connectivity index (χ1n) is 7.43. The predicted octanol–water partition coefficient (Wildman–Crippen LogP) is 2.54. The van der Waals surface area contributed by atoms with Crippen LogP contribution in [0.2, 0.25) is 0 Å². The van der Waals surface area contributed by atoms with E-state index >= 15 is 0 Å². The van der Waals surface area contributed by atoms with Crippen molar-refractivity contribution in [1.82, 2.24) is 10.2 Å². The maximum atomic E-state index is 12.2. The van der Waals surface area contributed by atoms with Crippen LogP contribution >= 0.6 is 15.9 Å². The summed E-state index contributed by atoms with van der Waals surface area (Å²) in [7, 11) is 0. The third-order valence-electron chi connectivity index (χ3n) is 3.84. The number of carbonyl (C=O) groups is 1. The highest BCUT2D eigenvalue weighted by molar-refractivity contribution is 9.10. The monoisotopic (exact) mass is 354 g/mol. The zero-order chi connectivity index (χ0) is 15.2. The van der Waals surface area contributed by atoms with Gasteiger partial charge in [0.25, 0.3) is 5.91 Å². The van der Waals surface area contributed by atoms with Crippen molar-refractivity contribution >= 4 is 21.8 Å². The Labute approximate surface area is 135 Å². The van der Waals surface area contributed by atoms with Gasteiger partial charge in [0.1, 0.15) is 0 Å². The second-order valence-corrected chi connectivity index (χ2v) is 6.60. The number of morpholine rings is 1. The van der Waals surface area contributed by atoms with Gasteiger partial charge in [-0.05, 0) is 24.1 Å². The lowest BCUT2D eigenvalue weighted by Gasteiger charge is -2.36. The molecule has 4 nitrogen and oxygen atoms in total. The van der Waals surface area contributed by atoms with Crippen molar-refractivity contribution in [3.05, 3.63) is 34.3 Å². The maximum Gasteiger partial charge on any atom is 0.251 e. The van der Waals surface area contributed by atoms with Crippen LogP contribution in [-0.2, 0) is 4.74 Å². The summed E-state index contributed by atoms with van der Waals surface area (Å²) < 4.78 is 6.32. The summed E-state index contributed by atoms with van der Waals surface area (Å²) in [5, 5.41) is 3.06. The molecule has 1 N–H and O–H groups in total. The molecule has 2 rings (SSSR count). The summed E-state index contributed by atoms with van der Waals surface area (Å²) in [5.74, 6) is 0.473. The molecule has 0 aliphatic carbocycles. The molecule has 1 heterocycles. The van der Waals surface area contributed by atoms with E-state index in [-0.39, 0.29) is 5.91 Å². The standard InChI is InChI=1S/C16H23BrN2O2/c1-12(2)15(19-6-8-21-9-7-19)11-18-16(20)13-4-3-5-14(17)10-13/h3-5,10,12,15H,6-9,11H2,1-2H3,(H,18,20). The fourth-order valence-corrected chi connectivity index (χ4v) is 3.02. The zero-order valence-corrected chi connectivity index (χ0v) is 14.2. The lowest BCUT2D eigenvalue weighted by Crippen LogP contribution is -2.51. The fraction of sp³-hybridized carbons (Fsp3) is 0.562. The van der Waals surface area contributed by atoms with Crippen LogP contribution in [0.3, 0.4) is 0 Å². The molecule has 5 heteroatoms. The highest BCUT2D eigenvalue weighted by Crippen LogP contribution is 2.14. The molecule has 0 bridgehead atoms. The summed E-state index contributed by atoms with van der Waals surface area (Å²) in [5.41, 5.74) is 0.689. The van der Waals surface area contributed by atoms with Crippen LogP contribution in [0.15, 0.2) is 28.7 Å². The third kappa shape index (κ3) is 4.80. The molecule has 116 valence electrons. The molecule has 0 saturated carbocycles. The van der Waals surface area contributed by atoms with Gasteiger partial charge in [0.15, 0.2) is 0 Å². The summed E-state index contributed by atoms with van der Waals surface area (Å²) >= 11 is 3.39. The number of hydrogen-bond donors (Lipinski definition) is 1. The van der Waals surface area contributed by atoms with Crippen molar-refractivity contribution in [1.29, 1.82) is 0 Å². The molecular formula is C16H23BrN2O2. The minimum absolute atomic E-state index is 0.0183. The fourth-order valence-electron chi connectivity index (χ4n) is 2.62. The van der Waals surface area contributed by atoms with Crippen LogP contribution in [0, 0.1) is 5.92 Å². The molecule has 1 aromatic carbocycles. The number of hydrogen-bond acceptors (Lipinski definition) is 3. The van der Waals surface area contributed by atoms with Crippen LogP contribution < -0.4 is 5.32 Å². The molecular weight excluding hydrogens is 332 g/mol. The van der Waals surface area contributed by atoms with Gasteiger partial charge in [0, 0.05) is 35.7 Å². The summed E-state index contributed by atoms with van der Waals surface area (Å²) in [6.45, 7) is 8.51. The Morgan fingerprint density at radius 3 is 2.71 bits per heavy atom. The molecule has 1 atom stereocenters. The van der Waals surface area contributed by atoms with Gasteiger partial charge in [-0.3, -0.25) is 9.69 Å². The van der Waals surface area contributed by atoms with Gasteiger partial charge in [-0.1, -0.05) is 35.8 Å². The molecule has 1 aliphatic heterocycles. The lowest BCUT2D eigenvalue weighted by atomic mass is 10.0. The van der Waals surface area contributed by atoms with Crippen molar-refractivity contribution in [2.24, 2.45) is 5.92 Å². The third-order valence-corrected chi connectivity index (χ3v) is 4.34. The average Bonchev–Trinajstić information content (AvgIpc) is 2.48. The van der Waals surface area contributed by atoms with Crippen molar-refractivity contribution < 1.29 is 9.53 Å². The van der Waals surface area contributed by atoms with E-state index in [1.54, 1.807) is 0 Å². The molecule has 1 amide bonds. The van der Waals surface area contributed by atoms with Gasteiger partial charge in [-0.15, -0.1) is 0 Å². The van der Waals surface area contributed by atoms with Crippen molar-refractivity contribution in [2.75, 3.05) is 32.8 Å². The Morgan fingerprint density at radius 2 is 2.10 bits per heavy atom. The topological polar surface area (TPSA) is 41.6 Å². The minimum Gasteiger partial charge on any atom is -0.379 e. The normalized spacial score (nSPS) is 17.7. The van der Waals surface area contributed by atoms with Crippen LogP contribution in [0.5, 0.6) is 0 Å². The van der Waals surface area contributed by atoms with Gasteiger partial charge in [0.2, 0.25) is 0 Å². The number of carbonyl (C=O) groups excluding carboxylic acids is 1. The number of nitrogens with zero attached hydrogens (tertiary/aromatic N) is 1. The van der Waals surface area contributed by atoms with Crippen LogP contribution in [0.4, 0.5) is 0 Å². The quantitative estimate of drug-likeness (QED) is 0.883. The van der Waals surface area contributed by atoms with Crippen LogP contribution in [0.25, 0.3) is 0 Å². The van der Waals surface area contributed by atoms with Gasteiger partial charge >= 0.3 is 0 Å². The largest absolute Gasteiger partial charge is 0.379 e. The van der Waals surface area contributed by atoms with Gasteiger partial charge in [-0.25, -0.2) is 0 Å². The Balaban J connectivity index is 1.93. The Kier molecular flexibility index (Phi) is 6.21. The molecule has 0 radical (unpaired) electrons. The lowest BCUT2D eigenvalue weighted by molar-refractivity contribution is 0.00673. The van der Waals surface area contributed by atoms with Crippen molar-refractivity contribution in [2.45, 2.75) is 19.9 Å². The molecule has 1 fully saturated rings. The Morgan fingerprint density at radius 1 is 1.38 bits per heavy atom. The molecule has 0 aromatic heterocycles. The molecule has 1 aromatic rings. The number of rotatable bonds is 5. The van der Waals surface area contributed by atoms with Gasteiger partial charge in [0.05, 0.1) is 13.2 Å². The van der Waals surface area contributed by atoms with Crippen molar-refractivity contribution in [3.63, 3.8) is 0 Å². The predicted molar refractivity (Wildman–Crippen MR) is 87.5 cm³/mol. The number of ether oxygens (including phenoxy) is 1. The van der Waals surface area contributed by atoms with E-state index in [1.165, 1.54) is 0 Å². The maximum absolute atomic E-state index is 12.2. The highest BCUT2D eigenvalue weighted by Gasteiger charge is 2.24. The number of benzene rings is 1. The summed E-state index contributed by atoms with van der Waals surface area (Å²) in [6.07, 6.45) is 0. The molecule has 1 saturated heterocycles. The molecule has 1 unspecified atom stereocenters. The first-order chi connectivity index (χ1) is 10.1. The van der Waals surface area contributed by atoms with Crippen LogP contribution in [-0.4, -0.2) is 49.7 Å². The van der Waals surface area contributed by atoms with E-state index in [0.29, 0.717) is 24.1 Å². The molecule has 0 spiro atoms. The van der Waals surface area contributed by atoms with E-state index in [0.717, 1.165) is 30.8 Å². The summed E-state index contributed by atoms with van der Waals surface area (Å²) in [6, 6.07) is 7.82. The first-order valence-corrected chi connectivity index (χ1v) is 8.23. The van der Waals surface area contributed by atoms with E-state index in [4.69, 9.17) is 4.74 Å². The Hall–Kier alpha value is -0.910. The van der Waals surface area contributed by atoms with Gasteiger partial charge in [-0.2, -0.15) is 0 Å². The number of amides is 1. The number of nitrogens with one attached hydrogen (secondary N) is 1.